The van der Waals surface area contributed by atoms with Gasteiger partial charge in [-0.2, -0.15) is 5.10 Å². The van der Waals surface area contributed by atoms with Crippen LogP contribution in [0, 0.1) is 0 Å². The number of rotatable bonds is 7. The Morgan fingerprint density at radius 3 is 2.50 bits per heavy atom. The fourth-order valence-electron chi connectivity index (χ4n) is 2.45. The van der Waals surface area contributed by atoms with E-state index >= 15 is 0 Å². The summed E-state index contributed by atoms with van der Waals surface area (Å²) in [4.78, 5) is 12.2. The molecule has 1 aromatic heterocycles. The van der Waals surface area contributed by atoms with Crippen molar-refractivity contribution in [2.75, 3.05) is 0 Å². The third-order valence-corrected chi connectivity index (χ3v) is 4.42. The van der Waals surface area contributed by atoms with Gasteiger partial charge in [-0.1, -0.05) is 40.2 Å². The fourth-order valence-corrected chi connectivity index (χ4v) is 2.71. The highest BCUT2D eigenvalue weighted by molar-refractivity contribution is 9.10. The molecule has 0 fully saturated rings. The number of carbonyl (C=O) groups excluding carboxylic acids is 1. The lowest BCUT2D eigenvalue weighted by Crippen LogP contribution is -2.35. The van der Waals surface area contributed by atoms with Crippen LogP contribution in [0.1, 0.15) is 18.1 Å². The second-order valence-electron chi connectivity index (χ2n) is 5.95. The minimum absolute atomic E-state index is 0.145. The molecule has 0 radical (unpaired) electrons. The molecule has 6 heteroatoms. The molecule has 5 nitrogen and oxygen atoms in total. The summed E-state index contributed by atoms with van der Waals surface area (Å²) >= 11 is 3.37. The highest BCUT2D eigenvalue weighted by Gasteiger charge is 2.14. The number of ether oxygens (including phenoxy) is 1. The molecular weight excluding hydrogens is 394 g/mol. The van der Waals surface area contributed by atoms with Gasteiger partial charge < -0.3 is 10.1 Å². The standard InChI is InChI=1S/C20H20BrN3O2/c1-15(26-19-9-7-18(21)8-10-19)20(25)22-13-16-3-5-17(6-4-16)14-24-12-2-11-23-24/h2-12,15H,13-14H2,1H3,(H,22,25)/t15-/m0/s1. The van der Waals surface area contributed by atoms with Gasteiger partial charge in [-0.15, -0.1) is 0 Å². The summed E-state index contributed by atoms with van der Waals surface area (Å²) in [5.41, 5.74) is 2.20. The largest absolute Gasteiger partial charge is 0.481 e. The average Bonchev–Trinajstić information content (AvgIpc) is 3.16. The predicted molar refractivity (Wildman–Crippen MR) is 104 cm³/mol. The van der Waals surface area contributed by atoms with E-state index in [1.54, 1.807) is 13.1 Å². The van der Waals surface area contributed by atoms with E-state index < -0.39 is 6.10 Å². The van der Waals surface area contributed by atoms with E-state index in [1.165, 1.54) is 0 Å². The lowest BCUT2D eigenvalue weighted by molar-refractivity contribution is -0.127. The molecule has 0 spiro atoms. The minimum atomic E-state index is -0.560. The SMILES string of the molecule is C[C@H](Oc1ccc(Br)cc1)C(=O)NCc1ccc(Cn2cccn2)cc1. The Hall–Kier alpha value is -2.60. The molecule has 2 aromatic carbocycles. The number of hydrogen-bond donors (Lipinski definition) is 1. The molecule has 1 atom stereocenters. The molecule has 1 heterocycles. The van der Waals surface area contributed by atoms with E-state index in [1.807, 2.05) is 65.5 Å². The lowest BCUT2D eigenvalue weighted by Gasteiger charge is -2.15. The third kappa shape index (κ3) is 5.20. The van der Waals surface area contributed by atoms with Crippen molar-refractivity contribution in [3.63, 3.8) is 0 Å². The van der Waals surface area contributed by atoms with Crippen molar-refractivity contribution in [2.45, 2.75) is 26.1 Å². The topological polar surface area (TPSA) is 56.1 Å². The predicted octanol–water partition coefficient (Wildman–Crippen LogP) is 3.78. The maximum Gasteiger partial charge on any atom is 0.261 e. The molecule has 0 aliphatic heterocycles. The number of aromatic nitrogens is 2. The Balaban J connectivity index is 1.48. The third-order valence-electron chi connectivity index (χ3n) is 3.89. The zero-order chi connectivity index (χ0) is 18.4. The Labute approximate surface area is 161 Å². The number of nitrogens with zero attached hydrogens (tertiary/aromatic N) is 2. The molecule has 3 aromatic rings. The first-order valence-electron chi connectivity index (χ1n) is 8.35. The summed E-state index contributed by atoms with van der Waals surface area (Å²) in [6, 6.07) is 17.4. The van der Waals surface area contributed by atoms with Crippen molar-refractivity contribution >= 4 is 21.8 Å². The highest BCUT2D eigenvalue weighted by Crippen LogP contribution is 2.17. The van der Waals surface area contributed by atoms with Crippen LogP contribution in [0.2, 0.25) is 0 Å². The number of carbonyl (C=O) groups is 1. The molecule has 0 unspecified atom stereocenters. The molecule has 26 heavy (non-hydrogen) atoms. The summed E-state index contributed by atoms with van der Waals surface area (Å²) in [5, 5.41) is 7.10. The van der Waals surface area contributed by atoms with Gasteiger partial charge in [-0.05, 0) is 48.4 Å². The molecule has 134 valence electrons. The number of amides is 1. The second-order valence-corrected chi connectivity index (χ2v) is 6.87. The van der Waals surface area contributed by atoms with Gasteiger partial charge in [-0.3, -0.25) is 9.48 Å². The van der Waals surface area contributed by atoms with Crippen molar-refractivity contribution in [1.29, 1.82) is 0 Å². The van der Waals surface area contributed by atoms with Crippen LogP contribution in [0.15, 0.2) is 71.5 Å². The average molecular weight is 414 g/mol. The van der Waals surface area contributed by atoms with Crippen molar-refractivity contribution in [2.24, 2.45) is 0 Å². The Morgan fingerprint density at radius 1 is 1.15 bits per heavy atom. The number of hydrogen-bond acceptors (Lipinski definition) is 3. The first-order chi connectivity index (χ1) is 12.6. The van der Waals surface area contributed by atoms with Gasteiger partial charge >= 0.3 is 0 Å². The number of benzene rings is 2. The highest BCUT2D eigenvalue weighted by atomic mass is 79.9. The van der Waals surface area contributed by atoms with Crippen molar-refractivity contribution in [3.05, 3.63) is 82.6 Å². The van der Waals surface area contributed by atoms with Gasteiger partial charge in [0, 0.05) is 23.4 Å². The monoisotopic (exact) mass is 413 g/mol. The molecule has 0 saturated heterocycles. The van der Waals surface area contributed by atoms with E-state index in [0.717, 1.165) is 22.1 Å². The zero-order valence-corrected chi connectivity index (χ0v) is 16.0. The van der Waals surface area contributed by atoms with Gasteiger partial charge in [0.2, 0.25) is 0 Å². The molecule has 3 rings (SSSR count). The van der Waals surface area contributed by atoms with Crippen molar-refractivity contribution < 1.29 is 9.53 Å². The Bertz CT molecular complexity index is 831. The Kier molecular flexibility index (Phi) is 6.07. The van der Waals surface area contributed by atoms with Gasteiger partial charge in [0.1, 0.15) is 5.75 Å². The van der Waals surface area contributed by atoms with Gasteiger partial charge in [-0.25, -0.2) is 0 Å². The number of nitrogens with one attached hydrogen (secondary N) is 1. The van der Waals surface area contributed by atoms with Gasteiger partial charge in [0.15, 0.2) is 6.10 Å². The lowest BCUT2D eigenvalue weighted by atomic mass is 10.1. The van der Waals surface area contributed by atoms with E-state index in [4.69, 9.17) is 4.74 Å². The first-order valence-corrected chi connectivity index (χ1v) is 9.14. The van der Waals surface area contributed by atoms with Crippen LogP contribution in [-0.2, 0) is 17.9 Å². The molecule has 0 saturated carbocycles. The molecule has 1 N–H and O–H groups in total. The summed E-state index contributed by atoms with van der Waals surface area (Å²) < 4.78 is 8.50. The molecule has 1 amide bonds. The minimum Gasteiger partial charge on any atom is -0.481 e. The van der Waals surface area contributed by atoms with Crippen LogP contribution in [0.25, 0.3) is 0 Å². The van der Waals surface area contributed by atoms with Crippen LogP contribution in [0.5, 0.6) is 5.75 Å². The smallest absolute Gasteiger partial charge is 0.261 e. The zero-order valence-electron chi connectivity index (χ0n) is 14.4. The van der Waals surface area contributed by atoms with Crippen LogP contribution in [-0.4, -0.2) is 21.8 Å². The van der Waals surface area contributed by atoms with Gasteiger partial charge in [0.05, 0.1) is 6.54 Å². The fraction of sp³-hybridized carbons (Fsp3) is 0.200. The Morgan fingerprint density at radius 2 is 1.85 bits per heavy atom. The normalized spacial score (nSPS) is 11.8. The summed E-state index contributed by atoms with van der Waals surface area (Å²) in [6.07, 6.45) is 3.14. The van der Waals surface area contributed by atoms with Crippen molar-refractivity contribution in [3.8, 4) is 5.75 Å². The van der Waals surface area contributed by atoms with Crippen LogP contribution >= 0.6 is 15.9 Å². The maximum absolute atomic E-state index is 12.2. The molecule has 0 aliphatic carbocycles. The van der Waals surface area contributed by atoms with E-state index in [-0.39, 0.29) is 5.91 Å². The van der Waals surface area contributed by atoms with E-state index in [9.17, 15) is 4.79 Å². The molecule has 0 aliphatic rings. The summed E-state index contributed by atoms with van der Waals surface area (Å²) in [5.74, 6) is 0.521. The quantitative estimate of drug-likeness (QED) is 0.640. The first kappa shape index (κ1) is 18.2. The maximum atomic E-state index is 12.2. The van der Waals surface area contributed by atoms with Gasteiger partial charge in [0.25, 0.3) is 5.91 Å². The summed E-state index contributed by atoms with van der Waals surface area (Å²) in [6.45, 7) is 2.94. The molecule has 0 bridgehead atoms. The van der Waals surface area contributed by atoms with Crippen molar-refractivity contribution in [1.82, 2.24) is 15.1 Å². The second kappa shape index (κ2) is 8.67. The van der Waals surface area contributed by atoms with Crippen LogP contribution < -0.4 is 10.1 Å². The van der Waals surface area contributed by atoms with Crippen LogP contribution in [0.3, 0.4) is 0 Å². The van der Waals surface area contributed by atoms with E-state index in [2.05, 4.69) is 26.3 Å². The molecular formula is C20H20BrN3O2. The van der Waals surface area contributed by atoms with E-state index in [0.29, 0.717) is 12.3 Å². The number of halogens is 1. The summed E-state index contributed by atoms with van der Waals surface area (Å²) in [7, 11) is 0. The van der Waals surface area contributed by atoms with Crippen LogP contribution in [0.4, 0.5) is 0 Å².